The second kappa shape index (κ2) is 5.26. The number of rotatable bonds is 2. The lowest BCUT2D eigenvalue weighted by molar-refractivity contribution is 0.191. The molecule has 0 saturated carbocycles. The Bertz CT molecular complexity index is 587. The van der Waals surface area contributed by atoms with Gasteiger partial charge in [0, 0.05) is 36.9 Å². The van der Waals surface area contributed by atoms with Crippen molar-refractivity contribution in [1.29, 1.82) is 0 Å². The van der Waals surface area contributed by atoms with Gasteiger partial charge < -0.3 is 4.98 Å². The molecule has 1 N–H and O–H groups in total. The van der Waals surface area contributed by atoms with E-state index < -0.39 is 0 Å². The first-order valence-corrected chi connectivity index (χ1v) is 8.50. The highest BCUT2D eigenvalue weighted by Crippen LogP contribution is 2.28. The Hall–Kier alpha value is -1.26. The number of hydrogen-bond acceptors (Lipinski definition) is 3. The number of aromatic amines is 1. The van der Waals surface area contributed by atoms with Crippen molar-refractivity contribution in [2.45, 2.75) is 25.4 Å². The number of nitrogens with one attached hydrogen (secondary N) is 1. The average Bonchev–Trinajstić information content (AvgIpc) is 3.16. The summed E-state index contributed by atoms with van der Waals surface area (Å²) in [5, 5.41) is 0. The third-order valence-corrected chi connectivity index (χ3v) is 5.48. The largest absolute Gasteiger partial charge is 0.341 e. The van der Waals surface area contributed by atoms with Crippen LogP contribution in [-0.2, 0) is 13.0 Å². The molecule has 0 aliphatic carbocycles. The van der Waals surface area contributed by atoms with E-state index in [1.165, 1.54) is 34.9 Å². The zero-order valence-electron chi connectivity index (χ0n) is 11.5. The summed E-state index contributed by atoms with van der Waals surface area (Å²) in [6.45, 7) is 2.21. The molecule has 0 spiro atoms. The van der Waals surface area contributed by atoms with Crippen LogP contribution in [0.2, 0.25) is 0 Å². The van der Waals surface area contributed by atoms with Crippen LogP contribution >= 0.6 is 11.8 Å². The lowest BCUT2D eigenvalue weighted by Gasteiger charge is -2.31. The third kappa shape index (κ3) is 2.27. The molecular formula is C16H19N3S. The minimum atomic E-state index is 0.775. The van der Waals surface area contributed by atoms with Crippen molar-refractivity contribution < 1.29 is 0 Å². The quantitative estimate of drug-likeness (QED) is 0.920. The summed E-state index contributed by atoms with van der Waals surface area (Å²) >= 11 is 2.09. The molecule has 2 aliphatic heterocycles. The molecule has 1 aromatic carbocycles. The molecule has 1 atom stereocenters. The SMILES string of the molecule is c1ccc(-c2nc3c([nH]2)CN([C@@H]2CCSC2)CC3)cc1. The third-order valence-electron chi connectivity index (χ3n) is 4.33. The lowest BCUT2D eigenvalue weighted by atomic mass is 10.1. The Labute approximate surface area is 123 Å². The van der Waals surface area contributed by atoms with E-state index in [9.17, 15) is 0 Å². The second-order valence-corrected chi connectivity index (χ2v) is 6.76. The average molecular weight is 285 g/mol. The Morgan fingerprint density at radius 2 is 2.15 bits per heavy atom. The Morgan fingerprint density at radius 3 is 2.95 bits per heavy atom. The van der Waals surface area contributed by atoms with E-state index in [-0.39, 0.29) is 0 Å². The maximum atomic E-state index is 4.79. The number of fused-ring (bicyclic) bond motifs is 1. The van der Waals surface area contributed by atoms with Gasteiger partial charge in [-0.15, -0.1) is 0 Å². The lowest BCUT2D eigenvalue weighted by Crippen LogP contribution is -2.39. The maximum Gasteiger partial charge on any atom is 0.137 e. The normalized spacial score (nSPS) is 22.9. The highest BCUT2D eigenvalue weighted by molar-refractivity contribution is 7.99. The van der Waals surface area contributed by atoms with Gasteiger partial charge in [-0.3, -0.25) is 4.90 Å². The molecule has 104 valence electrons. The van der Waals surface area contributed by atoms with Gasteiger partial charge >= 0.3 is 0 Å². The number of imidazole rings is 1. The molecule has 4 rings (SSSR count). The molecule has 1 fully saturated rings. The summed E-state index contributed by atoms with van der Waals surface area (Å²) < 4.78 is 0. The van der Waals surface area contributed by atoms with Gasteiger partial charge in [-0.25, -0.2) is 4.98 Å². The van der Waals surface area contributed by atoms with Crippen LogP contribution in [0.3, 0.4) is 0 Å². The Kier molecular flexibility index (Phi) is 3.28. The van der Waals surface area contributed by atoms with Gasteiger partial charge in [0.1, 0.15) is 5.82 Å². The fraction of sp³-hybridized carbons (Fsp3) is 0.438. The van der Waals surface area contributed by atoms with Crippen molar-refractivity contribution in [3.05, 3.63) is 41.7 Å². The standard InChI is InChI=1S/C16H19N3S/c1-2-4-12(5-3-1)16-17-14-6-8-19(10-15(14)18-16)13-7-9-20-11-13/h1-5,13H,6-11H2,(H,17,18)/t13-/m1/s1. The van der Waals surface area contributed by atoms with Gasteiger partial charge in [-0.05, 0) is 12.2 Å². The zero-order valence-corrected chi connectivity index (χ0v) is 12.3. The van der Waals surface area contributed by atoms with E-state index in [2.05, 4.69) is 45.9 Å². The molecule has 2 aromatic rings. The van der Waals surface area contributed by atoms with Crippen LogP contribution in [0.4, 0.5) is 0 Å². The number of benzene rings is 1. The fourth-order valence-electron chi connectivity index (χ4n) is 3.17. The topological polar surface area (TPSA) is 31.9 Å². The van der Waals surface area contributed by atoms with E-state index in [0.29, 0.717) is 0 Å². The first-order valence-electron chi connectivity index (χ1n) is 7.35. The van der Waals surface area contributed by atoms with Crippen LogP contribution in [0.25, 0.3) is 11.4 Å². The number of nitrogens with zero attached hydrogens (tertiary/aromatic N) is 2. The van der Waals surface area contributed by atoms with Crippen molar-refractivity contribution in [1.82, 2.24) is 14.9 Å². The molecule has 4 heteroatoms. The fourth-order valence-corrected chi connectivity index (χ4v) is 4.42. The monoisotopic (exact) mass is 285 g/mol. The van der Waals surface area contributed by atoms with Crippen molar-refractivity contribution in [2.75, 3.05) is 18.1 Å². The Balaban J connectivity index is 1.58. The predicted molar refractivity (Wildman–Crippen MR) is 83.9 cm³/mol. The highest BCUT2D eigenvalue weighted by atomic mass is 32.2. The van der Waals surface area contributed by atoms with Crippen LogP contribution in [-0.4, -0.2) is 39.0 Å². The molecule has 0 radical (unpaired) electrons. The molecule has 0 amide bonds. The summed E-state index contributed by atoms with van der Waals surface area (Å²) in [6.07, 6.45) is 2.43. The minimum absolute atomic E-state index is 0.775. The molecule has 1 saturated heterocycles. The molecule has 2 aliphatic rings. The molecule has 0 bridgehead atoms. The zero-order chi connectivity index (χ0) is 13.4. The van der Waals surface area contributed by atoms with Gasteiger partial charge in [0.25, 0.3) is 0 Å². The maximum absolute atomic E-state index is 4.79. The van der Waals surface area contributed by atoms with Crippen molar-refractivity contribution in [3.63, 3.8) is 0 Å². The van der Waals surface area contributed by atoms with E-state index in [4.69, 9.17) is 4.98 Å². The van der Waals surface area contributed by atoms with Gasteiger partial charge in [0.15, 0.2) is 0 Å². The van der Waals surface area contributed by atoms with Crippen LogP contribution in [0.1, 0.15) is 17.8 Å². The minimum Gasteiger partial charge on any atom is -0.341 e. The summed E-state index contributed by atoms with van der Waals surface area (Å²) in [5.41, 5.74) is 3.78. The van der Waals surface area contributed by atoms with Crippen molar-refractivity contribution in [3.8, 4) is 11.4 Å². The molecule has 3 nitrogen and oxygen atoms in total. The van der Waals surface area contributed by atoms with Gasteiger partial charge in [0.2, 0.25) is 0 Å². The van der Waals surface area contributed by atoms with Crippen LogP contribution < -0.4 is 0 Å². The van der Waals surface area contributed by atoms with Gasteiger partial charge in [0.05, 0.1) is 11.4 Å². The van der Waals surface area contributed by atoms with E-state index in [0.717, 1.165) is 31.4 Å². The Morgan fingerprint density at radius 1 is 1.25 bits per heavy atom. The first-order chi connectivity index (χ1) is 9.90. The smallest absolute Gasteiger partial charge is 0.137 e. The molecule has 0 unspecified atom stereocenters. The van der Waals surface area contributed by atoms with Crippen molar-refractivity contribution >= 4 is 11.8 Å². The van der Waals surface area contributed by atoms with E-state index >= 15 is 0 Å². The molecule has 20 heavy (non-hydrogen) atoms. The summed E-state index contributed by atoms with van der Waals surface area (Å²) in [4.78, 5) is 11.0. The molecular weight excluding hydrogens is 266 g/mol. The first kappa shape index (κ1) is 12.5. The summed E-state index contributed by atoms with van der Waals surface area (Å²) in [5.74, 6) is 3.65. The molecule has 3 heterocycles. The predicted octanol–water partition coefficient (Wildman–Crippen LogP) is 2.94. The second-order valence-electron chi connectivity index (χ2n) is 5.61. The van der Waals surface area contributed by atoms with E-state index in [1.54, 1.807) is 0 Å². The van der Waals surface area contributed by atoms with Crippen LogP contribution in [0.15, 0.2) is 30.3 Å². The summed E-state index contributed by atoms with van der Waals surface area (Å²) in [7, 11) is 0. The number of aromatic nitrogens is 2. The van der Waals surface area contributed by atoms with Crippen LogP contribution in [0.5, 0.6) is 0 Å². The van der Waals surface area contributed by atoms with Gasteiger partial charge in [-0.1, -0.05) is 30.3 Å². The van der Waals surface area contributed by atoms with E-state index in [1.807, 2.05) is 6.07 Å². The highest BCUT2D eigenvalue weighted by Gasteiger charge is 2.28. The number of H-pyrrole nitrogens is 1. The summed E-state index contributed by atoms with van der Waals surface area (Å²) in [6, 6.07) is 11.2. The van der Waals surface area contributed by atoms with Crippen LogP contribution in [0, 0.1) is 0 Å². The van der Waals surface area contributed by atoms with Gasteiger partial charge in [-0.2, -0.15) is 11.8 Å². The number of thioether (sulfide) groups is 1. The number of hydrogen-bond donors (Lipinski definition) is 1. The van der Waals surface area contributed by atoms with Crippen molar-refractivity contribution in [2.24, 2.45) is 0 Å². The molecule has 1 aromatic heterocycles.